The van der Waals surface area contributed by atoms with Crippen molar-refractivity contribution in [3.63, 3.8) is 0 Å². The van der Waals surface area contributed by atoms with Gasteiger partial charge in [-0.25, -0.2) is 4.79 Å². The van der Waals surface area contributed by atoms with Crippen molar-refractivity contribution in [3.8, 4) is 6.07 Å². The Hall–Kier alpha value is -3.09. The summed E-state index contributed by atoms with van der Waals surface area (Å²) in [6.07, 6.45) is 2.81. The van der Waals surface area contributed by atoms with E-state index in [1.807, 2.05) is 20.0 Å². The Labute approximate surface area is 133 Å². The predicted octanol–water partition coefficient (Wildman–Crippen LogP) is -0.0149. The van der Waals surface area contributed by atoms with Gasteiger partial charge in [0.25, 0.3) is 0 Å². The molecule has 23 heavy (non-hydrogen) atoms. The lowest BCUT2D eigenvalue weighted by molar-refractivity contribution is 0.237. The molecule has 0 radical (unpaired) electrons. The number of H-pyrrole nitrogens is 1. The van der Waals surface area contributed by atoms with Crippen LogP contribution in [0.3, 0.4) is 0 Å². The lowest BCUT2D eigenvalue weighted by atomic mass is 10.1. The quantitative estimate of drug-likeness (QED) is 0.550. The minimum absolute atomic E-state index is 0.200. The molecule has 122 valence electrons. The highest BCUT2D eigenvalue weighted by molar-refractivity contribution is 5.74. The van der Waals surface area contributed by atoms with Crippen LogP contribution in [0.15, 0.2) is 6.33 Å². The largest absolute Gasteiger partial charge is 0.381 e. The molecule has 10 heteroatoms. The van der Waals surface area contributed by atoms with E-state index in [1.165, 1.54) is 0 Å². The number of rotatable bonds is 6. The van der Waals surface area contributed by atoms with Crippen LogP contribution in [-0.2, 0) is 13.5 Å². The molecular formula is C13H19N9O. The van der Waals surface area contributed by atoms with E-state index >= 15 is 0 Å². The number of nitriles is 1. The van der Waals surface area contributed by atoms with Crippen molar-refractivity contribution in [1.82, 2.24) is 35.6 Å². The molecule has 0 saturated heterocycles. The summed E-state index contributed by atoms with van der Waals surface area (Å²) in [5.74, 6) is 0.873. The SMILES string of the molecule is C[C@H](NC(=O)NCCCc1[nH]nc(N)c1C#N)c1nncn1C. The highest BCUT2D eigenvalue weighted by Crippen LogP contribution is 2.13. The van der Waals surface area contributed by atoms with Crippen LogP contribution in [0.2, 0.25) is 0 Å². The molecule has 0 spiro atoms. The van der Waals surface area contributed by atoms with Crippen LogP contribution in [0.25, 0.3) is 0 Å². The van der Waals surface area contributed by atoms with E-state index in [0.29, 0.717) is 36.5 Å². The number of urea groups is 1. The van der Waals surface area contributed by atoms with Gasteiger partial charge in [-0.15, -0.1) is 10.2 Å². The number of aryl methyl sites for hydroxylation is 2. The Kier molecular flexibility index (Phi) is 5.14. The fourth-order valence-electron chi connectivity index (χ4n) is 2.16. The number of aromatic amines is 1. The first-order chi connectivity index (χ1) is 11.0. The number of nitrogen functional groups attached to an aromatic ring is 1. The molecule has 2 heterocycles. The molecule has 0 aliphatic heterocycles. The minimum atomic E-state index is -0.287. The van der Waals surface area contributed by atoms with Crippen molar-refractivity contribution in [1.29, 1.82) is 5.26 Å². The van der Waals surface area contributed by atoms with Gasteiger partial charge in [0.1, 0.15) is 18.0 Å². The van der Waals surface area contributed by atoms with Crippen molar-refractivity contribution in [2.45, 2.75) is 25.8 Å². The van der Waals surface area contributed by atoms with Crippen LogP contribution in [0, 0.1) is 11.3 Å². The Balaban J connectivity index is 1.73. The molecule has 2 aromatic rings. The van der Waals surface area contributed by atoms with Crippen molar-refractivity contribution < 1.29 is 4.79 Å². The number of carbonyl (C=O) groups excluding carboxylic acids is 1. The number of aromatic nitrogens is 5. The zero-order chi connectivity index (χ0) is 16.8. The van der Waals surface area contributed by atoms with Gasteiger partial charge in [0, 0.05) is 13.6 Å². The molecular weight excluding hydrogens is 298 g/mol. The van der Waals surface area contributed by atoms with Crippen LogP contribution >= 0.6 is 0 Å². The number of anilines is 1. The van der Waals surface area contributed by atoms with E-state index in [4.69, 9.17) is 11.0 Å². The molecule has 2 amide bonds. The normalized spacial score (nSPS) is 11.7. The standard InChI is InChI=1S/C13H19N9O/c1-8(12-21-17-7-22(12)2)18-13(23)16-5-3-4-10-9(6-14)11(15)20-19-10/h7-8H,3-5H2,1-2H3,(H3,15,19,20)(H2,16,18,23)/t8-/m0/s1. The van der Waals surface area contributed by atoms with Gasteiger partial charge in [0.15, 0.2) is 11.6 Å². The summed E-state index contributed by atoms with van der Waals surface area (Å²) in [4.78, 5) is 11.8. The first-order valence-corrected chi connectivity index (χ1v) is 7.14. The van der Waals surface area contributed by atoms with E-state index in [1.54, 1.807) is 10.9 Å². The lowest BCUT2D eigenvalue weighted by Crippen LogP contribution is -2.38. The highest BCUT2D eigenvalue weighted by atomic mass is 16.2. The van der Waals surface area contributed by atoms with Crippen LogP contribution in [0.5, 0.6) is 0 Å². The number of nitrogens with one attached hydrogen (secondary N) is 3. The molecule has 1 atom stereocenters. The predicted molar refractivity (Wildman–Crippen MR) is 82.0 cm³/mol. The molecule has 0 saturated carbocycles. The number of amides is 2. The first kappa shape index (κ1) is 16.3. The summed E-state index contributed by atoms with van der Waals surface area (Å²) in [6.45, 7) is 2.29. The van der Waals surface area contributed by atoms with Gasteiger partial charge in [-0.2, -0.15) is 10.4 Å². The Morgan fingerprint density at radius 2 is 2.39 bits per heavy atom. The molecule has 0 fully saturated rings. The summed E-state index contributed by atoms with van der Waals surface area (Å²) in [6, 6.07) is 1.47. The molecule has 5 N–H and O–H groups in total. The van der Waals surface area contributed by atoms with Crippen LogP contribution < -0.4 is 16.4 Å². The summed E-state index contributed by atoms with van der Waals surface area (Å²) < 4.78 is 1.75. The third-order valence-electron chi connectivity index (χ3n) is 3.35. The maximum absolute atomic E-state index is 11.8. The fourth-order valence-corrected chi connectivity index (χ4v) is 2.16. The maximum atomic E-state index is 11.8. The zero-order valence-electron chi connectivity index (χ0n) is 13.0. The molecule has 0 bridgehead atoms. The summed E-state index contributed by atoms with van der Waals surface area (Å²) in [5.41, 5.74) is 6.61. The topological polar surface area (TPSA) is 150 Å². The minimum Gasteiger partial charge on any atom is -0.381 e. The monoisotopic (exact) mass is 317 g/mol. The molecule has 0 aliphatic rings. The molecule has 10 nitrogen and oxygen atoms in total. The van der Waals surface area contributed by atoms with Gasteiger partial charge in [-0.05, 0) is 19.8 Å². The van der Waals surface area contributed by atoms with E-state index in [0.717, 1.165) is 0 Å². The number of hydrogen-bond donors (Lipinski definition) is 4. The van der Waals surface area contributed by atoms with Gasteiger partial charge in [-0.1, -0.05) is 0 Å². The van der Waals surface area contributed by atoms with E-state index in [9.17, 15) is 4.79 Å². The van der Waals surface area contributed by atoms with Crippen molar-refractivity contribution in [2.75, 3.05) is 12.3 Å². The van der Waals surface area contributed by atoms with E-state index in [-0.39, 0.29) is 17.9 Å². The third-order valence-corrected chi connectivity index (χ3v) is 3.35. The second kappa shape index (κ2) is 7.26. The maximum Gasteiger partial charge on any atom is 0.315 e. The summed E-state index contributed by atoms with van der Waals surface area (Å²) in [7, 11) is 1.81. The number of carbonyl (C=O) groups is 1. The second-order valence-electron chi connectivity index (χ2n) is 5.10. The number of hydrogen-bond acceptors (Lipinski definition) is 6. The average Bonchev–Trinajstić information content (AvgIpc) is 3.09. The fraction of sp³-hybridized carbons (Fsp3) is 0.462. The smallest absolute Gasteiger partial charge is 0.315 e. The molecule has 0 aliphatic carbocycles. The van der Waals surface area contributed by atoms with Crippen LogP contribution in [0.1, 0.15) is 36.5 Å². The van der Waals surface area contributed by atoms with Gasteiger partial charge >= 0.3 is 6.03 Å². The van der Waals surface area contributed by atoms with Gasteiger partial charge in [-0.3, -0.25) is 5.10 Å². The highest BCUT2D eigenvalue weighted by Gasteiger charge is 2.14. The Bertz CT molecular complexity index is 711. The second-order valence-corrected chi connectivity index (χ2v) is 5.10. The van der Waals surface area contributed by atoms with Crippen molar-refractivity contribution in [3.05, 3.63) is 23.4 Å². The number of nitrogens with zero attached hydrogens (tertiary/aromatic N) is 5. The molecule has 2 aromatic heterocycles. The molecule has 0 aromatic carbocycles. The molecule has 0 unspecified atom stereocenters. The Morgan fingerprint density at radius 3 is 3.04 bits per heavy atom. The average molecular weight is 317 g/mol. The van der Waals surface area contributed by atoms with Crippen LogP contribution in [0.4, 0.5) is 10.6 Å². The van der Waals surface area contributed by atoms with Gasteiger partial charge in [0.05, 0.1) is 11.7 Å². The lowest BCUT2D eigenvalue weighted by Gasteiger charge is -2.13. The van der Waals surface area contributed by atoms with E-state index in [2.05, 4.69) is 31.0 Å². The summed E-state index contributed by atoms with van der Waals surface area (Å²) in [5, 5.41) is 28.7. The van der Waals surface area contributed by atoms with Crippen molar-refractivity contribution >= 4 is 11.8 Å². The van der Waals surface area contributed by atoms with Crippen LogP contribution in [-0.4, -0.2) is 37.5 Å². The third kappa shape index (κ3) is 3.97. The number of nitrogens with two attached hydrogens (primary N) is 1. The Morgan fingerprint density at radius 1 is 1.61 bits per heavy atom. The van der Waals surface area contributed by atoms with Gasteiger partial charge < -0.3 is 20.9 Å². The first-order valence-electron chi connectivity index (χ1n) is 7.14. The van der Waals surface area contributed by atoms with Crippen molar-refractivity contribution in [2.24, 2.45) is 7.05 Å². The van der Waals surface area contributed by atoms with Gasteiger partial charge in [0.2, 0.25) is 0 Å². The summed E-state index contributed by atoms with van der Waals surface area (Å²) >= 11 is 0. The zero-order valence-corrected chi connectivity index (χ0v) is 13.0. The molecule has 2 rings (SSSR count). The van der Waals surface area contributed by atoms with E-state index < -0.39 is 0 Å².